The number of nitrogens with one attached hydrogen (secondary N) is 2. The van der Waals surface area contributed by atoms with Gasteiger partial charge in [-0.25, -0.2) is 0 Å². The van der Waals surface area contributed by atoms with Crippen LogP contribution in [-0.4, -0.2) is 12.5 Å². The number of amides is 1. The summed E-state index contributed by atoms with van der Waals surface area (Å²) in [6.07, 6.45) is 3.43. The van der Waals surface area contributed by atoms with Crippen molar-refractivity contribution in [2.75, 3.05) is 22.9 Å². The van der Waals surface area contributed by atoms with Crippen molar-refractivity contribution in [1.82, 2.24) is 0 Å². The summed E-state index contributed by atoms with van der Waals surface area (Å²) >= 11 is 0. The van der Waals surface area contributed by atoms with Gasteiger partial charge in [-0.15, -0.1) is 0 Å². The van der Waals surface area contributed by atoms with Crippen LogP contribution in [0.4, 0.5) is 17.1 Å². The molecular weight excluding hydrogens is 226 g/mol. The number of carbonyl (C=O) groups excluding carboxylic acids is 1. The van der Waals surface area contributed by atoms with Crippen molar-refractivity contribution in [2.24, 2.45) is 0 Å². The number of nitrogen functional groups attached to an aromatic ring is 1. The molecule has 0 atom stereocenters. The molecular formula is C14H19N3O. The Kier molecular flexibility index (Phi) is 3.55. The lowest BCUT2D eigenvalue weighted by Crippen LogP contribution is -2.19. The van der Waals surface area contributed by atoms with Crippen LogP contribution in [0, 0.1) is 0 Å². The zero-order valence-electron chi connectivity index (χ0n) is 10.8. The van der Waals surface area contributed by atoms with E-state index in [2.05, 4.69) is 30.6 Å². The van der Waals surface area contributed by atoms with Crippen molar-refractivity contribution in [3.8, 4) is 0 Å². The Bertz CT molecular complexity index is 502. The van der Waals surface area contributed by atoms with E-state index in [0.29, 0.717) is 12.1 Å². The summed E-state index contributed by atoms with van der Waals surface area (Å²) in [5.74, 6) is 0.0622. The second-order valence-corrected chi connectivity index (χ2v) is 4.81. The van der Waals surface area contributed by atoms with Crippen molar-refractivity contribution in [2.45, 2.75) is 26.7 Å². The molecule has 0 radical (unpaired) electrons. The zero-order chi connectivity index (χ0) is 13.1. The van der Waals surface area contributed by atoms with E-state index < -0.39 is 0 Å². The van der Waals surface area contributed by atoms with E-state index in [1.807, 2.05) is 12.1 Å². The molecule has 1 aliphatic rings. The molecule has 96 valence electrons. The third kappa shape index (κ3) is 2.83. The average molecular weight is 245 g/mol. The molecule has 2 rings (SSSR count). The summed E-state index contributed by atoms with van der Waals surface area (Å²) in [7, 11) is 0. The normalized spacial score (nSPS) is 13.6. The third-order valence-electron chi connectivity index (χ3n) is 2.97. The molecule has 1 heterocycles. The average Bonchev–Trinajstić information content (AvgIpc) is 2.29. The molecule has 0 saturated heterocycles. The standard InChI is InChI=1S/C14H19N3O/c1-9(2)5-6-16-13-7-10-3-4-14(18)17-12(10)8-11(13)15/h5,7-8,16H,3-4,6,15H2,1-2H3,(H,17,18). The molecule has 0 saturated carbocycles. The molecule has 0 aliphatic carbocycles. The molecule has 0 spiro atoms. The Morgan fingerprint density at radius 3 is 2.94 bits per heavy atom. The highest BCUT2D eigenvalue weighted by atomic mass is 16.1. The minimum absolute atomic E-state index is 0.0622. The predicted octanol–water partition coefficient (Wildman–Crippen LogP) is 2.53. The maximum Gasteiger partial charge on any atom is 0.224 e. The first-order valence-electron chi connectivity index (χ1n) is 6.16. The van der Waals surface area contributed by atoms with Crippen LogP contribution in [0.2, 0.25) is 0 Å². The maximum absolute atomic E-state index is 11.3. The molecule has 1 aliphatic heterocycles. The van der Waals surface area contributed by atoms with E-state index in [-0.39, 0.29) is 5.91 Å². The maximum atomic E-state index is 11.3. The topological polar surface area (TPSA) is 67.2 Å². The van der Waals surface area contributed by atoms with E-state index in [1.165, 1.54) is 5.57 Å². The molecule has 4 N–H and O–H groups in total. The van der Waals surface area contributed by atoms with Crippen LogP contribution in [0.25, 0.3) is 0 Å². The van der Waals surface area contributed by atoms with Crippen molar-refractivity contribution in [3.63, 3.8) is 0 Å². The van der Waals surface area contributed by atoms with E-state index in [1.54, 1.807) is 0 Å². The fraction of sp³-hybridized carbons (Fsp3) is 0.357. The number of rotatable bonds is 3. The van der Waals surface area contributed by atoms with Crippen molar-refractivity contribution in [1.29, 1.82) is 0 Å². The third-order valence-corrected chi connectivity index (χ3v) is 2.97. The van der Waals surface area contributed by atoms with Crippen LogP contribution in [0.3, 0.4) is 0 Å². The number of carbonyl (C=O) groups is 1. The molecule has 4 nitrogen and oxygen atoms in total. The number of anilines is 3. The van der Waals surface area contributed by atoms with Crippen LogP contribution in [-0.2, 0) is 11.2 Å². The SMILES string of the molecule is CC(C)=CCNc1cc2c(cc1N)NC(=O)CC2. The minimum Gasteiger partial charge on any atom is -0.397 e. The number of allylic oxidation sites excluding steroid dienone is 1. The Morgan fingerprint density at radius 2 is 2.22 bits per heavy atom. The quantitative estimate of drug-likeness (QED) is 0.566. The lowest BCUT2D eigenvalue weighted by molar-refractivity contribution is -0.116. The number of aryl methyl sites for hydroxylation is 1. The monoisotopic (exact) mass is 245 g/mol. The van der Waals surface area contributed by atoms with Crippen LogP contribution in [0.15, 0.2) is 23.8 Å². The van der Waals surface area contributed by atoms with Gasteiger partial charge >= 0.3 is 0 Å². The second kappa shape index (κ2) is 5.12. The Hall–Kier alpha value is -1.97. The largest absolute Gasteiger partial charge is 0.397 e. The molecule has 4 heteroatoms. The first-order valence-corrected chi connectivity index (χ1v) is 6.16. The van der Waals surface area contributed by atoms with Crippen LogP contribution in [0.5, 0.6) is 0 Å². The second-order valence-electron chi connectivity index (χ2n) is 4.81. The molecule has 0 aromatic heterocycles. The first-order chi connectivity index (χ1) is 8.56. The van der Waals surface area contributed by atoms with Crippen molar-refractivity contribution < 1.29 is 4.79 Å². The Morgan fingerprint density at radius 1 is 1.44 bits per heavy atom. The fourth-order valence-corrected chi connectivity index (χ4v) is 1.96. The Balaban J connectivity index is 2.17. The van der Waals surface area contributed by atoms with Gasteiger partial charge in [0.1, 0.15) is 0 Å². The minimum atomic E-state index is 0.0622. The highest BCUT2D eigenvalue weighted by molar-refractivity contribution is 5.95. The first kappa shape index (κ1) is 12.5. The zero-order valence-corrected chi connectivity index (χ0v) is 10.8. The van der Waals surface area contributed by atoms with Gasteiger partial charge in [-0.2, -0.15) is 0 Å². The number of hydrogen-bond donors (Lipinski definition) is 3. The molecule has 1 aromatic carbocycles. The van der Waals surface area contributed by atoms with Gasteiger partial charge in [0, 0.05) is 18.7 Å². The molecule has 1 amide bonds. The van der Waals surface area contributed by atoms with E-state index in [0.717, 1.165) is 29.9 Å². The molecule has 0 fully saturated rings. The van der Waals surface area contributed by atoms with E-state index >= 15 is 0 Å². The number of nitrogens with two attached hydrogens (primary N) is 1. The van der Waals surface area contributed by atoms with Gasteiger partial charge in [-0.3, -0.25) is 4.79 Å². The number of benzene rings is 1. The summed E-state index contributed by atoms with van der Waals surface area (Å²) in [5.41, 5.74) is 10.8. The highest BCUT2D eigenvalue weighted by Gasteiger charge is 2.16. The van der Waals surface area contributed by atoms with E-state index in [4.69, 9.17) is 5.73 Å². The van der Waals surface area contributed by atoms with Gasteiger partial charge < -0.3 is 16.4 Å². The predicted molar refractivity (Wildman–Crippen MR) is 75.7 cm³/mol. The fourth-order valence-electron chi connectivity index (χ4n) is 1.96. The summed E-state index contributed by atoms with van der Waals surface area (Å²) in [6.45, 7) is 4.89. The number of hydrogen-bond acceptors (Lipinski definition) is 3. The summed E-state index contributed by atoms with van der Waals surface area (Å²) in [6, 6.07) is 3.86. The molecule has 0 unspecified atom stereocenters. The van der Waals surface area contributed by atoms with E-state index in [9.17, 15) is 4.79 Å². The highest BCUT2D eigenvalue weighted by Crippen LogP contribution is 2.30. The van der Waals surface area contributed by atoms with Gasteiger partial charge in [-0.1, -0.05) is 11.6 Å². The summed E-state index contributed by atoms with van der Waals surface area (Å²) < 4.78 is 0. The van der Waals surface area contributed by atoms with Crippen LogP contribution >= 0.6 is 0 Å². The molecule has 18 heavy (non-hydrogen) atoms. The van der Waals surface area contributed by atoms with Crippen LogP contribution in [0.1, 0.15) is 25.8 Å². The summed E-state index contributed by atoms with van der Waals surface area (Å²) in [4.78, 5) is 11.3. The van der Waals surface area contributed by atoms with Gasteiger partial charge in [-0.05, 0) is 38.0 Å². The van der Waals surface area contributed by atoms with Crippen molar-refractivity contribution >= 4 is 23.0 Å². The van der Waals surface area contributed by atoms with Crippen LogP contribution < -0.4 is 16.4 Å². The van der Waals surface area contributed by atoms with Gasteiger partial charge in [0.2, 0.25) is 5.91 Å². The Labute approximate surface area is 107 Å². The lowest BCUT2D eigenvalue weighted by atomic mass is 10.0. The molecule has 0 bridgehead atoms. The van der Waals surface area contributed by atoms with Gasteiger partial charge in [0.05, 0.1) is 11.4 Å². The van der Waals surface area contributed by atoms with Gasteiger partial charge in [0.15, 0.2) is 0 Å². The lowest BCUT2D eigenvalue weighted by Gasteiger charge is -2.19. The molecule has 1 aromatic rings. The van der Waals surface area contributed by atoms with Crippen molar-refractivity contribution in [3.05, 3.63) is 29.3 Å². The van der Waals surface area contributed by atoms with Gasteiger partial charge in [0.25, 0.3) is 0 Å². The number of fused-ring (bicyclic) bond motifs is 1. The smallest absolute Gasteiger partial charge is 0.224 e. The summed E-state index contributed by atoms with van der Waals surface area (Å²) in [5, 5.41) is 6.14.